The first kappa shape index (κ1) is 52.7. The van der Waals surface area contributed by atoms with Gasteiger partial charge in [-0.05, 0) is 39.0 Å². The molecule has 15 nitrogen and oxygen atoms in total. The maximum Gasteiger partial charge on any atom is 0.307 e. The summed E-state index contributed by atoms with van der Waals surface area (Å²) in [5, 5.41) is 21.0. The van der Waals surface area contributed by atoms with Gasteiger partial charge in [0.15, 0.2) is 5.78 Å². The van der Waals surface area contributed by atoms with Gasteiger partial charge in [0, 0.05) is 64.3 Å². The van der Waals surface area contributed by atoms with Gasteiger partial charge in [-0.1, -0.05) is 77.0 Å². The number of hydrogen-bond acceptors (Lipinski definition) is 11. The summed E-state index contributed by atoms with van der Waals surface area (Å²) in [5.41, 5.74) is 0. The summed E-state index contributed by atoms with van der Waals surface area (Å²) < 4.78 is 21.1. The first-order chi connectivity index (χ1) is 28.0. The summed E-state index contributed by atoms with van der Waals surface area (Å²) in [6.45, 7) is 4.26. The summed E-state index contributed by atoms with van der Waals surface area (Å²) in [6.07, 6.45) is 17.7. The van der Waals surface area contributed by atoms with Crippen LogP contribution < -0.4 is 5.32 Å². The number of ketones is 3. The van der Waals surface area contributed by atoms with Crippen molar-refractivity contribution in [3.63, 3.8) is 0 Å². The van der Waals surface area contributed by atoms with Gasteiger partial charge in [-0.2, -0.15) is 0 Å². The van der Waals surface area contributed by atoms with Crippen molar-refractivity contribution in [1.82, 2.24) is 10.2 Å². The zero-order valence-corrected chi connectivity index (χ0v) is 35.3. The van der Waals surface area contributed by atoms with E-state index in [1.165, 1.54) is 58.3 Å². The Morgan fingerprint density at radius 3 is 1.62 bits per heavy atom. The quantitative estimate of drug-likeness (QED) is 0.0632. The number of nitrogens with zero attached hydrogens (tertiary/aromatic N) is 1. The number of carboxylic acid groups (broad SMARTS) is 2. The molecule has 0 aromatic heterocycles. The molecule has 1 saturated heterocycles. The number of likely N-dealkylation sites (tertiary alicyclic amines) is 1. The predicted molar refractivity (Wildman–Crippen MR) is 217 cm³/mol. The van der Waals surface area contributed by atoms with Crippen molar-refractivity contribution in [2.24, 2.45) is 11.8 Å². The fraction of sp³-hybridized carbons (Fsp3) is 0.837. The van der Waals surface area contributed by atoms with Gasteiger partial charge in [0.05, 0.1) is 39.0 Å². The van der Waals surface area contributed by atoms with Crippen LogP contribution in [0.3, 0.4) is 0 Å². The van der Waals surface area contributed by atoms with Crippen LogP contribution in [0.4, 0.5) is 0 Å². The average molecular weight is 827 g/mol. The van der Waals surface area contributed by atoms with E-state index in [0.717, 1.165) is 38.5 Å². The van der Waals surface area contributed by atoms with Crippen molar-refractivity contribution < 1.29 is 62.7 Å². The van der Waals surface area contributed by atoms with Gasteiger partial charge >= 0.3 is 11.9 Å². The highest BCUT2D eigenvalue weighted by Crippen LogP contribution is 2.24. The number of aliphatic carboxylic acids is 2. The van der Waals surface area contributed by atoms with E-state index in [1.54, 1.807) is 0 Å². The maximum absolute atomic E-state index is 13.0. The topological polar surface area (TPSA) is 212 Å². The summed E-state index contributed by atoms with van der Waals surface area (Å²) in [5.74, 6) is -3.88. The summed E-state index contributed by atoms with van der Waals surface area (Å²) in [7, 11) is 0. The Hall–Kier alpha value is -3.27. The lowest BCUT2D eigenvalue weighted by atomic mass is 9.85. The molecule has 1 aliphatic rings. The third-order valence-electron chi connectivity index (χ3n) is 10.2. The predicted octanol–water partition coefficient (Wildman–Crippen LogP) is 5.72. The molecule has 1 fully saturated rings. The number of Topliss-reactive ketones (excluding diaryl/α,β-unsaturated/α-hetero) is 3. The van der Waals surface area contributed by atoms with E-state index in [2.05, 4.69) is 5.32 Å². The fourth-order valence-electron chi connectivity index (χ4n) is 6.82. The molecular weight excluding hydrogens is 752 g/mol. The van der Waals surface area contributed by atoms with Crippen LogP contribution in [0.5, 0.6) is 0 Å². The average Bonchev–Trinajstić information content (AvgIpc) is 3.19. The molecule has 0 aromatic carbocycles. The normalized spacial score (nSPS) is 13.6. The molecule has 3 N–H and O–H groups in total. The van der Waals surface area contributed by atoms with E-state index >= 15 is 0 Å². The van der Waals surface area contributed by atoms with Crippen LogP contribution in [0.1, 0.15) is 148 Å². The number of amides is 2. The lowest BCUT2D eigenvalue weighted by Gasteiger charge is -2.31. The Morgan fingerprint density at radius 1 is 0.586 bits per heavy atom. The molecule has 1 atom stereocenters. The number of carbonyl (C=O) groups excluding carboxylic acids is 5. The third-order valence-corrected chi connectivity index (χ3v) is 10.2. The highest BCUT2D eigenvalue weighted by molar-refractivity contribution is 5.89. The van der Waals surface area contributed by atoms with Crippen molar-refractivity contribution in [2.45, 2.75) is 148 Å². The number of carbonyl (C=O) groups is 7. The Balaban J connectivity index is 2.05. The second kappa shape index (κ2) is 35.7. The third kappa shape index (κ3) is 30.8. The number of unbranched alkanes of at least 4 members (excludes halogenated alkanes) is 13. The lowest BCUT2D eigenvalue weighted by Crippen LogP contribution is -2.40. The highest BCUT2D eigenvalue weighted by Gasteiger charge is 2.31. The summed E-state index contributed by atoms with van der Waals surface area (Å²) >= 11 is 0. The Labute approximate surface area is 346 Å². The minimum Gasteiger partial charge on any atom is -0.481 e. The van der Waals surface area contributed by atoms with Crippen LogP contribution in [0.15, 0.2) is 0 Å². The summed E-state index contributed by atoms with van der Waals surface area (Å²) in [6, 6.07) is 0. The number of ether oxygens (including phenoxy) is 4. The van der Waals surface area contributed by atoms with Gasteiger partial charge in [-0.25, -0.2) is 0 Å². The van der Waals surface area contributed by atoms with Gasteiger partial charge in [0.25, 0.3) is 0 Å². The Bertz CT molecular complexity index is 1170. The van der Waals surface area contributed by atoms with Crippen molar-refractivity contribution in [3.05, 3.63) is 0 Å². The van der Waals surface area contributed by atoms with Crippen LogP contribution >= 0.6 is 0 Å². The number of piperidine rings is 1. The van der Waals surface area contributed by atoms with E-state index < -0.39 is 17.9 Å². The molecule has 1 rings (SSSR count). The molecule has 58 heavy (non-hydrogen) atoms. The number of hydrogen-bond donors (Lipinski definition) is 3. The first-order valence-electron chi connectivity index (χ1n) is 21.8. The van der Waals surface area contributed by atoms with Crippen LogP contribution in [-0.2, 0) is 52.5 Å². The second-order valence-electron chi connectivity index (χ2n) is 15.4. The van der Waals surface area contributed by atoms with Crippen LogP contribution in [0.2, 0.25) is 0 Å². The molecular formula is C43H74N2O13. The highest BCUT2D eigenvalue weighted by atomic mass is 16.5. The standard InChI is InChI=1S/C43H74N2O13/c1-35(46)33-57-29-28-56-26-22-44-40(49)34-58-30-27-55-25-16-17-38(47)31-37(43(53)54)32-39(48)36-20-23-45(24-21-36)41(50)18-14-12-10-8-6-4-2-3-5-7-9-11-13-15-19-42(51)52/h36-37H,2-34H2,1H3,(H,44,49)(H,51,52)(H,53,54)/t37-/m0/s1. The Morgan fingerprint density at radius 2 is 1.09 bits per heavy atom. The maximum atomic E-state index is 13.0. The minimum atomic E-state index is -1.16. The van der Waals surface area contributed by atoms with Crippen LogP contribution in [-0.4, -0.2) is 129 Å². The molecule has 0 spiro atoms. The molecule has 0 aromatic rings. The van der Waals surface area contributed by atoms with E-state index in [4.69, 9.17) is 24.1 Å². The smallest absolute Gasteiger partial charge is 0.307 e. The zero-order valence-electron chi connectivity index (χ0n) is 35.3. The molecule has 0 bridgehead atoms. The minimum absolute atomic E-state index is 0.0524. The molecule has 1 heterocycles. The van der Waals surface area contributed by atoms with Crippen LogP contribution in [0, 0.1) is 11.8 Å². The molecule has 2 amide bonds. The molecule has 1 aliphatic heterocycles. The van der Waals surface area contributed by atoms with Gasteiger partial charge < -0.3 is 39.4 Å². The number of nitrogens with one attached hydrogen (secondary N) is 1. The van der Waals surface area contributed by atoms with E-state index in [1.807, 2.05) is 4.90 Å². The van der Waals surface area contributed by atoms with Gasteiger partial charge in [-0.3, -0.25) is 33.6 Å². The van der Waals surface area contributed by atoms with E-state index in [9.17, 15) is 38.7 Å². The molecule has 0 radical (unpaired) electrons. The van der Waals surface area contributed by atoms with Crippen molar-refractivity contribution in [3.8, 4) is 0 Å². The van der Waals surface area contributed by atoms with Crippen molar-refractivity contribution >= 4 is 41.1 Å². The van der Waals surface area contributed by atoms with Gasteiger partial charge in [-0.15, -0.1) is 0 Å². The molecule has 0 unspecified atom stereocenters. The Kier molecular flexibility index (Phi) is 32.4. The van der Waals surface area contributed by atoms with Crippen molar-refractivity contribution in [1.29, 1.82) is 0 Å². The van der Waals surface area contributed by atoms with E-state index in [0.29, 0.717) is 65.1 Å². The zero-order chi connectivity index (χ0) is 42.6. The molecule has 15 heteroatoms. The second-order valence-corrected chi connectivity index (χ2v) is 15.4. The fourth-order valence-corrected chi connectivity index (χ4v) is 6.82. The number of rotatable bonds is 40. The summed E-state index contributed by atoms with van der Waals surface area (Å²) in [4.78, 5) is 85.1. The van der Waals surface area contributed by atoms with Gasteiger partial charge in [0.2, 0.25) is 11.8 Å². The van der Waals surface area contributed by atoms with E-state index in [-0.39, 0.29) is 93.8 Å². The first-order valence-corrected chi connectivity index (χ1v) is 21.8. The van der Waals surface area contributed by atoms with Gasteiger partial charge in [0.1, 0.15) is 24.8 Å². The largest absolute Gasteiger partial charge is 0.481 e. The molecule has 0 aliphatic carbocycles. The van der Waals surface area contributed by atoms with Crippen molar-refractivity contribution in [2.75, 3.05) is 72.5 Å². The SMILES string of the molecule is CC(=O)COCCOCCNC(=O)COCCOCCCC(=O)C[C@@H](CC(=O)C1CCN(C(=O)CCCCCCCCCCCCCCCCC(=O)O)CC1)C(=O)O. The number of carboxylic acids is 2. The molecule has 334 valence electrons. The lowest BCUT2D eigenvalue weighted by molar-refractivity contribution is -0.146. The van der Waals surface area contributed by atoms with Crippen LogP contribution in [0.25, 0.3) is 0 Å². The monoisotopic (exact) mass is 827 g/mol. The molecule has 0 saturated carbocycles.